The van der Waals surface area contributed by atoms with E-state index in [2.05, 4.69) is 20.8 Å². The van der Waals surface area contributed by atoms with Crippen molar-refractivity contribution in [1.29, 1.82) is 0 Å². The number of fused-ring (bicyclic) bond motifs is 5. The van der Waals surface area contributed by atoms with Crippen LogP contribution in [0.2, 0.25) is 0 Å². The zero-order valence-electron chi connectivity index (χ0n) is 18.6. The summed E-state index contributed by atoms with van der Waals surface area (Å²) in [6.45, 7) is 7.29. The highest BCUT2D eigenvalue weighted by molar-refractivity contribution is 5.69. The molecule has 3 heteroatoms. The normalized spacial score (nSPS) is 48.9. The van der Waals surface area contributed by atoms with Crippen molar-refractivity contribution in [2.45, 2.75) is 97.5 Å². The summed E-state index contributed by atoms with van der Waals surface area (Å²) < 4.78 is 4.86. The molecule has 160 valence electrons. The highest BCUT2D eigenvalue weighted by Crippen LogP contribution is 2.68. The third-order valence-corrected chi connectivity index (χ3v) is 10.5. The molecule has 0 aromatic carbocycles. The van der Waals surface area contributed by atoms with Crippen LogP contribution >= 0.6 is 0 Å². The molecule has 28 heavy (non-hydrogen) atoms. The lowest BCUT2D eigenvalue weighted by Gasteiger charge is -2.62. The molecule has 3 nitrogen and oxygen atoms in total. The van der Waals surface area contributed by atoms with Crippen LogP contribution in [0.1, 0.15) is 91.4 Å². The second kappa shape index (κ2) is 7.60. The number of aliphatic hydroxyl groups excluding tert-OH is 1. The zero-order valence-corrected chi connectivity index (χ0v) is 18.6. The van der Waals surface area contributed by atoms with E-state index in [1.54, 1.807) is 0 Å². The molecule has 0 aromatic rings. The predicted octanol–water partition coefficient (Wildman–Crippen LogP) is 5.60. The van der Waals surface area contributed by atoms with Gasteiger partial charge in [0.25, 0.3) is 0 Å². The Hall–Kier alpha value is -0.570. The Morgan fingerprint density at radius 3 is 2.64 bits per heavy atom. The molecule has 9 atom stereocenters. The zero-order chi connectivity index (χ0) is 20.1. The van der Waals surface area contributed by atoms with Crippen molar-refractivity contribution in [3.63, 3.8) is 0 Å². The minimum atomic E-state index is -0.177. The van der Waals surface area contributed by atoms with E-state index in [0.29, 0.717) is 29.6 Å². The number of esters is 1. The largest absolute Gasteiger partial charge is 0.469 e. The summed E-state index contributed by atoms with van der Waals surface area (Å²) in [6.07, 6.45) is 13.2. The van der Waals surface area contributed by atoms with Gasteiger partial charge in [0, 0.05) is 6.42 Å². The Kier molecular flexibility index (Phi) is 5.61. The van der Waals surface area contributed by atoms with Gasteiger partial charge in [-0.2, -0.15) is 0 Å². The molecule has 0 heterocycles. The van der Waals surface area contributed by atoms with Crippen molar-refractivity contribution in [3.05, 3.63) is 0 Å². The summed E-state index contributed by atoms with van der Waals surface area (Å²) in [6, 6.07) is 0. The number of methoxy groups -OCH3 is 1. The highest BCUT2D eigenvalue weighted by atomic mass is 16.5. The quantitative estimate of drug-likeness (QED) is 0.636. The smallest absolute Gasteiger partial charge is 0.305 e. The first-order chi connectivity index (χ1) is 13.3. The molecule has 0 aromatic heterocycles. The third kappa shape index (κ3) is 3.06. The van der Waals surface area contributed by atoms with Gasteiger partial charge in [0.2, 0.25) is 0 Å². The molecular weight excluding hydrogens is 348 g/mol. The molecule has 1 N–H and O–H groups in total. The Bertz CT molecular complexity index is 588. The molecule has 4 saturated carbocycles. The second-order valence-corrected chi connectivity index (χ2v) is 11.3. The summed E-state index contributed by atoms with van der Waals surface area (Å²) in [4.78, 5) is 11.6. The van der Waals surface area contributed by atoms with Gasteiger partial charge in [-0.05, 0) is 97.7 Å². The van der Waals surface area contributed by atoms with Gasteiger partial charge in [-0.25, -0.2) is 0 Å². The van der Waals surface area contributed by atoms with Crippen LogP contribution in [0.5, 0.6) is 0 Å². The van der Waals surface area contributed by atoms with Crippen molar-refractivity contribution in [2.24, 2.45) is 46.3 Å². The van der Waals surface area contributed by atoms with Crippen LogP contribution in [0.25, 0.3) is 0 Å². The van der Waals surface area contributed by atoms with Crippen LogP contribution in [-0.2, 0) is 9.53 Å². The monoisotopic (exact) mass is 390 g/mol. The average molecular weight is 391 g/mol. The summed E-state index contributed by atoms with van der Waals surface area (Å²) in [5, 5.41) is 11.5. The first-order valence-electron chi connectivity index (χ1n) is 12.1. The van der Waals surface area contributed by atoms with E-state index in [9.17, 15) is 9.90 Å². The third-order valence-electron chi connectivity index (χ3n) is 10.5. The van der Waals surface area contributed by atoms with E-state index in [1.165, 1.54) is 58.5 Å². The number of ether oxygens (including phenoxy) is 1. The molecule has 0 bridgehead atoms. The Balaban J connectivity index is 1.54. The topological polar surface area (TPSA) is 46.5 Å². The van der Waals surface area contributed by atoms with Gasteiger partial charge in [-0.3, -0.25) is 4.79 Å². The molecule has 4 rings (SSSR count). The van der Waals surface area contributed by atoms with Crippen molar-refractivity contribution in [1.82, 2.24) is 0 Å². The number of rotatable bonds is 4. The van der Waals surface area contributed by atoms with Gasteiger partial charge in [0.05, 0.1) is 13.2 Å². The van der Waals surface area contributed by atoms with Crippen molar-refractivity contribution >= 4 is 5.97 Å². The number of hydrogen-bond acceptors (Lipinski definition) is 3. The number of hydrogen-bond donors (Lipinski definition) is 1. The first kappa shape index (κ1) is 20.7. The number of carbonyl (C=O) groups is 1. The van der Waals surface area contributed by atoms with E-state index in [-0.39, 0.29) is 17.5 Å². The number of carbonyl (C=O) groups excluding carboxylic acids is 1. The molecule has 4 aliphatic rings. The molecule has 0 radical (unpaired) electrons. The molecule has 0 aliphatic heterocycles. The fraction of sp³-hybridized carbons (Fsp3) is 0.960. The van der Waals surface area contributed by atoms with E-state index in [4.69, 9.17) is 4.74 Å². The lowest BCUT2D eigenvalue weighted by Crippen LogP contribution is -2.58. The number of aliphatic hydroxyl groups is 1. The molecule has 4 fully saturated rings. The van der Waals surface area contributed by atoms with E-state index in [0.717, 1.165) is 30.6 Å². The standard InChI is InChI=1S/C25H42O3/c1-16(8-13-23(27)28-4)19-11-12-20-18-10-9-17-7-5-6-14-24(17,2)21(18)15-22(26)25(19,20)3/h16-22,26H,5-15H2,1-4H3/t16-,17+,18+,19-,20+,21+,22+,24+,25-/m1/s1. The van der Waals surface area contributed by atoms with Crippen molar-refractivity contribution in [2.75, 3.05) is 7.11 Å². The van der Waals surface area contributed by atoms with Crippen LogP contribution in [0, 0.1) is 46.3 Å². The Morgan fingerprint density at radius 1 is 1.11 bits per heavy atom. The first-order valence-corrected chi connectivity index (χ1v) is 12.1. The Labute approximate surface area is 172 Å². The van der Waals surface area contributed by atoms with E-state index >= 15 is 0 Å². The molecule has 4 aliphatic carbocycles. The summed E-state index contributed by atoms with van der Waals surface area (Å²) >= 11 is 0. The lowest BCUT2D eigenvalue weighted by atomic mass is 9.44. The van der Waals surface area contributed by atoms with E-state index < -0.39 is 0 Å². The minimum absolute atomic E-state index is 0.0363. The fourth-order valence-electron chi connectivity index (χ4n) is 8.87. The summed E-state index contributed by atoms with van der Waals surface area (Å²) in [5.74, 6) is 4.02. The summed E-state index contributed by atoms with van der Waals surface area (Å²) in [5.41, 5.74) is 0.507. The maximum absolute atomic E-state index is 11.6. The Morgan fingerprint density at radius 2 is 1.89 bits per heavy atom. The minimum Gasteiger partial charge on any atom is -0.469 e. The van der Waals surface area contributed by atoms with Crippen LogP contribution < -0.4 is 0 Å². The van der Waals surface area contributed by atoms with Crippen LogP contribution in [-0.4, -0.2) is 24.3 Å². The molecule has 0 spiro atoms. The van der Waals surface area contributed by atoms with Crippen molar-refractivity contribution in [3.8, 4) is 0 Å². The second-order valence-electron chi connectivity index (χ2n) is 11.3. The highest BCUT2D eigenvalue weighted by Gasteiger charge is 2.63. The SMILES string of the molecule is COC(=O)CC[C@@H](C)[C@H]1CC[C@H]2[C@@H]3CC[C@@H]4CCCC[C@]4(C)[C@H]3C[C@H](O)[C@]12C. The maximum atomic E-state index is 11.6. The van der Waals surface area contributed by atoms with Crippen LogP contribution in [0.3, 0.4) is 0 Å². The molecule has 0 unspecified atom stereocenters. The predicted molar refractivity (Wildman–Crippen MR) is 112 cm³/mol. The molecular formula is C25H42O3. The average Bonchev–Trinajstić information content (AvgIpc) is 3.05. The van der Waals surface area contributed by atoms with Gasteiger partial charge in [0.15, 0.2) is 0 Å². The van der Waals surface area contributed by atoms with Gasteiger partial charge >= 0.3 is 5.97 Å². The van der Waals surface area contributed by atoms with E-state index in [1.807, 2.05) is 0 Å². The van der Waals surface area contributed by atoms with Crippen LogP contribution in [0.15, 0.2) is 0 Å². The summed E-state index contributed by atoms with van der Waals surface area (Å²) in [7, 11) is 1.48. The maximum Gasteiger partial charge on any atom is 0.305 e. The van der Waals surface area contributed by atoms with Crippen LogP contribution in [0.4, 0.5) is 0 Å². The van der Waals surface area contributed by atoms with Gasteiger partial charge in [-0.15, -0.1) is 0 Å². The lowest BCUT2D eigenvalue weighted by molar-refractivity contribution is -0.168. The van der Waals surface area contributed by atoms with Crippen molar-refractivity contribution < 1.29 is 14.6 Å². The molecule has 0 amide bonds. The molecule has 0 saturated heterocycles. The van der Waals surface area contributed by atoms with Gasteiger partial charge in [0.1, 0.15) is 0 Å². The fourth-order valence-corrected chi connectivity index (χ4v) is 8.87. The van der Waals surface area contributed by atoms with Gasteiger partial charge in [-0.1, -0.05) is 33.6 Å². The van der Waals surface area contributed by atoms with Gasteiger partial charge < -0.3 is 9.84 Å².